The van der Waals surface area contributed by atoms with E-state index < -0.39 is 0 Å². The Morgan fingerprint density at radius 2 is 2.33 bits per heavy atom. The van der Waals surface area contributed by atoms with E-state index in [2.05, 4.69) is 0 Å². The Hall–Kier alpha value is -0.300. The van der Waals surface area contributed by atoms with Crippen molar-refractivity contribution in [3.8, 4) is 0 Å². The standard InChI is InChI=1S/C8H14O/c1-2-7-5-3-4-6-8(7)9/h2,8-9H,3-6H2,1H3/b7-2-/t8-/m1/s1. The van der Waals surface area contributed by atoms with Crippen LogP contribution in [0.25, 0.3) is 0 Å². The molecule has 0 aromatic heterocycles. The second-order valence-corrected chi connectivity index (χ2v) is 2.63. The van der Waals surface area contributed by atoms with E-state index in [1.807, 2.05) is 13.0 Å². The van der Waals surface area contributed by atoms with Gasteiger partial charge in [0.2, 0.25) is 0 Å². The van der Waals surface area contributed by atoms with Crippen LogP contribution in [0.1, 0.15) is 32.6 Å². The molecule has 0 radical (unpaired) electrons. The lowest BCUT2D eigenvalue weighted by atomic mass is 9.92. The molecule has 0 aliphatic heterocycles. The average Bonchev–Trinajstić information content (AvgIpc) is 1.89. The van der Waals surface area contributed by atoms with Gasteiger partial charge < -0.3 is 5.11 Å². The highest BCUT2D eigenvalue weighted by atomic mass is 16.3. The van der Waals surface area contributed by atoms with E-state index >= 15 is 0 Å². The zero-order valence-corrected chi connectivity index (χ0v) is 5.93. The molecular formula is C8H14O. The van der Waals surface area contributed by atoms with Crippen LogP contribution in [-0.4, -0.2) is 11.2 Å². The molecule has 0 amide bonds. The van der Waals surface area contributed by atoms with E-state index in [1.54, 1.807) is 0 Å². The Kier molecular flexibility index (Phi) is 2.29. The van der Waals surface area contributed by atoms with Gasteiger partial charge in [-0.3, -0.25) is 0 Å². The number of hydrogen-bond acceptors (Lipinski definition) is 1. The first kappa shape index (κ1) is 6.81. The van der Waals surface area contributed by atoms with Gasteiger partial charge in [0.25, 0.3) is 0 Å². The van der Waals surface area contributed by atoms with Gasteiger partial charge in [-0.25, -0.2) is 0 Å². The number of allylic oxidation sites excluding steroid dienone is 1. The lowest BCUT2D eigenvalue weighted by Crippen LogP contribution is -2.14. The Balaban J connectivity index is 2.49. The van der Waals surface area contributed by atoms with E-state index in [-0.39, 0.29) is 6.10 Å². The molecule has 9 heavy (non-hydrogen) atoms. The molecule has 1 nitrogen and oxygen atoms in total. The zero-order chi connectivity index (χ0) is 6.69. The number of hydrogen-bond donors (Lipinski definition) is 1. The van der Waals surface area contributed by atoms with Crippen molar-refractivity contribution in [3.63, 3.8) is 0 Å². The van der Waals surface area contributed by atoms with Crippen molar-refractivity contribution in [2.75, 3.05) is 0 Å². The summed E-state index contributed by atoms with van der Waals surface area (Å²) in [6, 6.07) is 0. The van der Waals surface area contributed by atoms with Gasteiger partial charge >= 0.3 is 0 Å². The lowest BCUT2D eigenvalue weighted by Gasteiger charge is -2.19. The maximum atomic E-state index is 9.30. The third-order valence-electron chi connectivity index (χ3n) is 1.99. The molecule has 52 valence electrons. The zero-order valence-electron chi connectivity index (χ0n) is 5.93. The van der Waals surface area contributed by atoms with Crippen molar-refractivity contribution < 1.29 is 5.11 Å². The molecule has 1 aliphatic carbocycles. The van der Waals surface area contributed by atoms with Gasteiger partial charge in [0.15, 0.2) is 0 Å². The predicted molar refractivity (Wildman–Crippen MR) is 38.2 cm³/mol. The fourth-order valence-corrected chi connectivity index (χ4v) is 1.36. The minimum absolute atomic E-state index is 0.122. The van der Waals surface area contributed by atoms with E-state index in [9.17, 15) is 5.11 Å². The van der Waals surface area contributed by atoms with Gasteiger partial charge in [-0.15, -0.1) is 0 Å². The highest BCUT2D eigenvalue weighted by Crippen LogP contribution is 2.22. The summed E-state index contributed by atoms with van der Waals surface area (Å²) in [6.45, 7) is 2.00. The van der Waals surface area contributed by atoms with Crippen LogP contribution in [0.2, 0.25) is 0 Å². The van der Waals surface area contributed by atoms with E-state index in [4.69, 9.17) is 0 Å². The minimum atomic E-state index is -0.122. The van der Waals surface area contributed by atoms with Gasteiger partial charge in [-0.1, -0.05) is 12.5 Å². The average molecular weight is 126 g/mol. The molecule has 1 rings (SSSR count). The minimum Gasteiger partial charge on any atom is -0.389 e. The van der Waals surface area contributed by atoms with Crippen LogP contribution >= 0.6 is 0 Å². The van der Waals surface area contributed by atoms with Crippen LogP contribution in [0.15, 0.2) is 11.6 Å². The van der Waals surface area contributed by atoms with E-state index in [0.717, 1.165) is 12.8 Å². The van der Waals surface area contributed by atoms with E-state index in [0.29, 0.717) is 0 Å². The SMILES string of the molecule is C/C=C1/CCCC[C@H]1O. The molecule has 1 aliphatic rings. The maximum Gasteiger partial charge on any atom is 0.0750 e. The van der Waals surface area contributed by atoms with Crippen molar-refractivity contribution in [2.45, 2.75) is 38.7 Å². The summed E-state index contributed by atoms with van der Waals surface area (Å²) in [5, 5.41) is 9.30. The van der Waals surface area contributed by atoms with Crippen LogP contribution in [0, 0.1) is 0 Å². The van der Waals surface area contributed by atoms with Crippen LogP contribution in [0.4, 0.5) is 0 Å². The second-order valence-electron chi connectivity index (χ2n) is 2.63. The number of aliphatic hydroxyl groups is 1. The molecule has 1 N–H and O–H groups in total. The Morgan fingerprint density at radius 1 is 1.56 bits per heavy atom. The van der Waals surface area contributed by atoms with Gasteiger partial charge in [-0.2, -0.15) is 0 Å². The number of rotatable bonds is 0. The molecule has 0 aromatic carbocycles. The second kappa shape index (κ2) is 3.02. The molecular weight excluding hydrogens is 112 g/mol. The van der Waals surface area contributed by atoms with Crippen molar-refractivity contribution in [1.29, 1.82) is 0 Å². The van der Waals surface area contributed by atoms with Crippen molar-refractivity contribution in [1.82, 2.24) is 0 Å². The number of aliphatic hydroxyl groups excluding tert-OH is 1. The van der Waals surface area contributed by atoms with Gasteiger partial charge in [0.1, 0.15) is 0 Å². The van der Waals surface area contributed by atoms with Crippen LogP contribution in [0.3, 0.4) is 0 Å². The van der Waals surface area contributed by atoms with Gasteiger partial charge in [-0.05, 0) is 31.8 Å². The summed E-state index contributed by atoms with van der Waals surface area (Å²) in [4.78, 5) is 0. The van der Waals surface area contributed by atoms with Gasteiger partial charge in [0.05, 0.1) is 6.10 Å². The Morgan fingerprint density at radius 3 is 2.78 bits per heavy atom. The van der Waals surface area contributed by atoms with Crippen molar-refractivity contribution >= 4 is 0 Å². The third-order valence-corrected chi connectivity index (χ3v) is 1.99. The van der Waals surface area contributed by atoms with Crippen LogP contribution < -0.4 is 0 Å². The predicted octanol–water partition coefficient (Wildman–Crippen LogP) is 1.87. The largest absolute Gasteiger partial charge is 0.389 e. The molecule has 1 fully saturated rings. The van der Waals surface area contributed by atoms with Crippen LogP contribution in [0.5, 0.6) is 0 Å². The van der Waals surface area contributed by atoms with Crippen molar-refractivity contribution in [2.24, 2.45) is 0 Å². The quantitative estimate of drug-likeness (QED) is 0.491. The molecule has 0 saturated heterocycles. The highest BCUT2D eigenvalue weighted by molar-refractivity contribution is 5.08. The molecule has 0 bridgehead atoms. The molecule has 1 atom stereocenters. The lowest BCUT2D eigenvalue weighted by molar-refractivity contribution is 0.178. The van der Waals surface area contributed by atoms with Gasteiger partial charge in [0, 0.05) is 0 Å². The summed E-state index contributed by atoms with van der Waals surface area (Å²) < 4.78 is 0. The molecule has 0 aromatic rings. The molecule has 0 heterocycles. The molecule has 0 unspecified atom stereocenters. The Labute approximate surface area is 56.4 Å². The smallest absolute Gasteiger partial charge is 0.0750 e. The summed E-state index contributed by atoms with van der Waals surface area (Å²) in [5.74, 6) is 0. The van der Waals surface area contributed by atoms with E-state index in [1.165, 1.54) is 18.4 Å². The summed E-state index contributed by atoms with van der Waals surface area (Å²) in [7, 11) is 0. The fraction of sp³-hybridized carbons (Fsp3) is 0.750. The van der Waals surface area contributed by atoms with Crippen LogP contribution in [-0.2, 0) is 0 Å². The molecule has 1 saturated carbocycles. The summed E-state index contributed by atoms with van der Waals surface area (Å²) in [5.41, 5.74) is 1.24. The van der Waals surface area contributed by atoms with Crippen molar-refractivity contribution in [3.05, 3.63) is 11.6 Å². The first-order chi connectivity index (χ1) is 4.34. The summed E-state index contributed by atoms with van der Waals surface area (Å²) >= 11 is 0. The first-order valence-corrected chi connectivity index (χ1v) is 3.67. The monoisotopic (exact) mass is 126 g/mol. The maximum absolute atomic E-state index is 9.30. The molecule has 1 heteroatoms. The first-order valence-electron chi connectivity index (χ1n) is 3.67. The highest BCUT2D eigenvalue weighted by Gasteiger charge is 2.13. The topological polar surface area (TPSA) is 20.2 Å². The normalized spacial score (nSPS) is 33.1. The molecule has 0 spiro atoms. The Bertz CT molecular complexity index is 116. The fourth-order valence-electron chi connectivity index (χ4n) is 1.36. The third kappa shape index (κ3) is 1.55. The summed E-state index contributed by atoms with van der Waals surface area (Å²) in [6.07, 6.45) is 6.46.